The molecule has 0 radical (unpaired) electrons. The number of esters is 1. The molecular formula is C15H32O4Si2. The molecule has 0 aromatic carbocycles. The van der Waals surface area contributed by atoms with Gasteiger partial charge >= 0.3 is 5.97 Å². The summed E-state index contributed by atoms with van der Waals surface area (Å²) in [5.41, 5.74) is 0.0334. The van der Waals surface area contributed by atoms with Crippen molar-refractivity contribution in [1.29, 1.82) is 0 Å². The molecule has 0 aliphatic heterocycles. The Morgan fingerprint density at radius 2 is 1.67 bits per heavy atom. The smallest absolute Gasteiger partial charge is 0.308 e. The van der Waals surface area contributed by atoms with Crippen molar-refractivity contribution in [1.82, 2.24) is 0 Å². The van der Waals surface area contributed by atoms with Gasteiger partial charge in [0.25, 0.3) is 0 Å². The van der Waals surface area contributed by atoms with Crippen LogP contribution in [-0.4, -0.2) is 38.4 Å². The largest absolute Gasteiger partial charge is 0.466 e. The molecule has 0 heterocycles. The van der Waals surface area contributed by atoms with Crippen LogP contribution in [0.15, 0.2) is 0 Å². The second-order valence-corrected chi connectivity index (χ2v) is 8.19. The Morgan fingerprint density at radius 1 is 1.14 bits per heavy atom. The molecule has 0 spiro atoms. The van der Waals surface area contributed by atoms with E-state index >= 15 is 0 Å². The maximum absolute atomic E-state index is 11.8. The molecule has 0 amide bonds. The molecule has 0 bridgehead atoms. The maximum Gasteiger partial charge on any atom is 0.308 e. The molecule has 0 saturated heterocycles. The van der Waals surface area contributed by atoms with E-state index in [9.17, 15) is 4.79 Å². The first-order valence-electron chi connectivity index (χ1n) is 8.37. The zero-order valence-corrected chi connectivity index (χ0v) is 17.1. The lowest BCUT2D eigenvalue weighted by Crippen LogP contribution is -2.43. The predicted molar refractivity (Wildman–Crippen MR) is 90.6 cm³/mol. The van der Waals surface area contributed by atoms with Gasteiger partial charge in [0.1, 0.15) is 6.29 Å². The Bertz CT molecular complexity index is 309. The van der Waals surface area contributed by atoms with E-state index in [1.165, 1.54) is 0 Å². The molecule has 0 N–H and O–H groups in total. The minimum atomic E-state index is -0.476. The van der Waals surface area contributed by atoms with Crippen LogP contribution in [0, 0.1) is 17.3 Å². The molecule has 0 unspecified atom stereocenters. The van der Waals surface area contributed by atoms with Gasteiger partial charge in [0.05, 0.1) is 12.5 Å². The van der Waals surface area contributed by atoms with Crippen LogP contribution in [0.25, 0.3) is 0 Å². The molecule has 0 aromatic heterocycles. The van der Waals surface area contributed by atoms with Crippen LogP contribution < -0.4 is 0 Å². The summed E-state index contributed by atoms with van der Waals surface area (Å²) in [5.74, 6) is 0.646. The van der Waals surface area contributed by atoms with Gasteiger partial charge in [0, 0.05) is 5.41 Å². The molecule has 0 atom stereocenters. The summed E-state index contributed by atoms with van der Waals surface area (Å²) in [5, 5.41) is 0. The van der Waals surface area contributed by atoms with Gasteiger partial charge in [-0.05, 0) is 38.5 Å². The van der Waals surface area contributed by atoms with E-state index in [1.54, 1.807) is 0 Å². The lowest BCUT2D eigenvalue weighted by atomic mass is 9.68. The van der Waals surface area contributed by atoms with Gasteiger partial charge in [0.2, 0.25) is 0 Å². The van der Waals surface area contributed by atoms with Crippen LogP contribution in [0.5, 0.6) is 0 Å². The molecule has 1 aliphatic rings. The normalized spacial score (nSPS) is 25.8. The lowest BCUT2D eigenvalue weighted by Gasteiger charge is -2.43. The summed E-state index contributed by atoms with van der Waals surface area (Å²) in [6, 6.07) is 0. The van der Waals surface area contributed by atoms with Crippen molar-refractivity contribution in [2.45, 2.75) is 65.8 Å². The fourth-order valence-electron chi connectivity index (χ4n) is 3.31. The third-order valence-corrected chi connectivity index (χ3v) is 5.92. The van der Waals surface area contributed by atoms with Crippen molar-refractivity contribution in [3.63, 3.8) is 0 Å². The topological polar surface area (TPSA) is 44.8 Å². The molecule has 1 saturated carbocycles. The average Bonchev–Trinajstić information content (AvgIpc) is 2.47. The molecule has 1 aliphatic carbocycles. The molecule has 6 heteroatoms. The standard InChI is InChI=1S/C15H32O4Si2/c1-6-17-13(16)11-7-9-12(10-8-11)15(2,3)14(18-20-4)19-21-5/h11-12,14H,6-10,20-21H2,1-5H3. The van der Waals surface area contributed by atoms with Gasteiger partial charge in [-0.2, -0.15) is 0 Å². The summed E-state index contributed by atoms with van der Waals surface area (Å²) >= 11 is 0. The summed E-state index contributed by atoms with van der Waals surface area (Å²) in [4.78, 5) is 11.8. The van der Waals surface area contributed by atoms with Crippen LogP contribution in [0.2, 0.25) is 13.1 Å². The molecule has 0 aromatic rings. The summed E-state index contributed by atoms with van der Waals surface area (Å²) < 4.78 is 17.1. The fourth-order valence-corrected chi connectivity index (χ4v) is 5.16. The van der Waals surface area contributed by atoms with Crippen LogP contribution >= 0.6 is 0 Å². The second kappa shape index (κ2) is 9.07. The average molecular weight is 333 g/mol. The monoisotopic (exact) mass is 332 g/mol. The van der Waals surface area contributed by atoms with Crippen molar-refractivity contribution in [2.24, 2.45) is 17.3 Å². The minimum absolute atomic E-state index is 0.0141. The Hall–Kier alpha value is -0.176. The van der Waals surface area contributed by atoms with E-state index in [-0.39, 0.29) is 23.6 Å². The Labute approximate surface area is 134 Å². The number of hydrogen-bond donors (Lipinski definition) is 0. The zero-order chi connectivity index (χ0) is 15.9. The number of ether oxygens (including phenoxy) is 1. The number of carbonyl (C=O) groups excluding carboxylic acids is 1. The number of rotatable bonds is 8. The van der Waals surface area contributed by atoms with Crippen LogP contribution in [-0.2, 0) is 18.4 Å². The van der Waals surface area contributed by atoms with Gasteiger partial charge < -0.3 is 13.6 Å². The van der Waals surface area contributed by atoms with Crippen LogP contribution in [0.4, 0.5) is 0 Å². The third-order valence-electron chi connectivity index (χ3n) is 4.64. The molecule has 4 nitrogen and oxygen atoms in total. The van der Waals surface area contributed by atoms with Gasteiger partial charge in [0.15, 0.2) is 19.5 Å². The van der Waals surface area contributed by atoms with Gasteiger partial charge in [-0.15, -0.1) is 0 Å². The molecule has 124 valence electrons. The number of hydrogen-bond acceptors (Lipinski definition) is 4. The molecule has 1 rings (SSSR count). The Kier molecular flexibility index (Phi) is 8.15. The first-order chi connectivity index (χ1) is 9.97. The third kappa shape index (κ3) is 5.19. The quantitative estimate of drug-likeness (QED) is 0.387. The van der Waals surface area contributed by atoms with Crippen molar-refractivity contribution < 1.29 is 18.4 Å². The fraction of sp³-hybridized carbons (Fsp3) is 0.933. The van der Waals surface area contributed by atoms with Crippen LogP contribution in [0.3, 0.4) is 0 Å². The van der Waals surface area contributed by atoms with Crippen molar-refractivity contribution >= 4 is 25.5 Å². The maximum atomic E-state index is 11.8. The first-order valence-corrected chi connectivity index (χ1v) is 12.3. The summed E-state index contributed by atoms with van der Waals surface area (Å²) in [6.07, 6.45) is 3.96. The summed E-state index contributed by atoms with van der Waals surface area (Å²) in [6.45, 7) is 11.2. The van der Waals surface area contributed by atoms with E-state index in [2.05, 4.69) is 26.9 Å². The minimum Gasteiger partial charge on any atom is -0.466 e. The second-order valence-electron chi connectivity index (χ2n) is 6.36. The summed E-state index contributed by atoms with van der Waals surface area (Å²) in [7, 11) is -0.952. The predicted octanol–water partition coefficient (Wildman–Crippen LogP) is 2.01. The zero-order valence-electron chi connectivity index (χ0n) is 14.3. The lowest BCUT2D eigenvalue weighted by molar-refractivity contribution is -0.151. The van der Waals surface area contributed by atoms with Crippen LogP contribution in [0.1, 0.15) is 46.5 Å². The SMILES string of the molecule is CCOC(=O)C1CCC(C(C)(C)C(O[SiH2]C)O[SiH2]C)CC1. The highest BCUT2D eigenvalue weighted by Gasteiger charge is 2.41. The van der Waals surface area contributed by atoms with E-state index in [0.29, 0.717) is 12.5 Å². The van der Waals surface area contributed by atoms with E-state index in [1.807, 2.05) is 6.92 Å². The highest BCUT2D eigenvalue weighted by molar-refractivity contribution is 6.26. The number of carbonyl (C=O) groups is 1. The Balaban J connectivity index is 2.59. The van der Waals surface area contributed by atoms with Gasteiger partial charge in [-0.1, -0.05) is 26.9 Å². The van der Waals surface area contributed by atoms with Crippen molar-refractivity contribution in [2.75, 3.05) is 6.61 Å². The van der Waals surface area contributed by atoms with Gasteiger partial charge in [-0.3, -0.25) is 4.79 Å². The Morgan fingerprint density at radius 3 is 2.10 bits per heavy atom. The van der Waals surface area contributed by atoms with E-state index < -0.39 is 19.5 Å². The molecule has 1 fully saturated rings. The van der Waals surface area contributed by atoms with E-state index in [4.69, 9.17) is 13.6 Å². The first kappa shape index (κ1) is 18.9. The van der Waals surface area contributed by atoms with Gasteiger partial charge in [-0.25, -0.2) is 0 Å². The van der Waals surface area contributed by atoms with Crippen molar-refractivity contribution in [3.8, 4) is 0 Å². The highest BCUT2D eigenvalue weighted by Crippen LogP contribution is 2.43. The molecule has 21 heavy (non-hydrogen) atoms. The van der Waals surface area contributed by atoms with Crippen molar-refractivity contribution in [3.05, 3.63) is 0 Å². The highest BCUT2D eigenvalue weighted by atomic mass is 28.2. The van der Waals surface area contributed by atoms with E-state index in [0.717, 1.165) is 25.7 Å². The molecular weight excluding hydrogens is 300 g/mol.